The van der Waals surface area contributed by atoms with E-state index in [1.807, 2.05) is 0 Å². The molecular formula is C18H33NO6. The standard InChI is InChI=1S/C18H33NO6/c1-3-6-22-15-17-13-16(23-7-4-2)14-18(25-17)24-12-11-21-10-9-20-8-5-19/h3-4,16-18H,1-2,5-15,19H2/t16-,17-,18+/m0/s1. The van der Waals surface area contributed by atoms with Crippen LogP contribution in [0.15, 0.2) is 25.3 Å². The van der Waals surface area contributed by atoms with Gasteiger partial charge in [0.25, 0.3) is 0 Å². The van der Waals surface area contributed by atoms with Gasteiger partial charge in [0, 0.05) is 19.4 Å². The van der Waals surface area contributed by atoms with E-state index >= 15 is 0 Å². The summed E-state index contributed by atoms with van der Waals surface area (Å²) in [7, 11) is 0. The summed E-state index contributed by atoms with van der Waals surface area (Å²) >= 11 is 0. The first kappa shape index (κ1) is 22.2. The molecule has 0 unspecified atom stereocenters. The summed E-state index contributed by atoms with van der Waals surface area (Å²) < 4.78 is 33.6. The van der Waals surface area contributed by atoms with Gasteiger partial charge in [0.05, 0.1) is 65.1 Å². The van der Waals surface area contributed by atoms with E-state index in [2.05, 4.69) is 13.2 Å². The monoisotopic (exact) mass is 359 g/mol. The molecule has 7 nitrogen and oxygen atoms in total. The molecule has 0 spiro atoms. The van der Waals surface area contributed by atoms with E-state index < -0.39 is 0 Å². The van der Waals surface area contributed by atoms with Gasteiger partial charge < -0.3 is 34.2 Å². The fraction of sp³-hybridized carbons (Fsp3) is 0.778. The summed E-state index contributed by atoms with van der Waals surface area (Å²) in [6.45, 7) is 11.9. The Labute approximate surface area is 151 Å². The SMILES string of the molecule is C=CCOC[C@@H]1C[C@H](OCC=C)C[C@H](OCCOCCOCCN)O1. The molecule has 146 valence electrons. The second-order valence-corrected chi connectivity index (χ2v) is 5.61. The molecule has 1 fully saturated rings. The molecule has 0 aliphatic carbocycles. The van der Waals surface area contributed by atoms with Crippen LogP contribution in [0.3, 0.4) is 0 Å². The molecule has 0 aromatic rings. The second-order valence-electron chi connectivity index (χ2n) is 5.61. The van der Waals surface area contributed by atoms with Crippen molar-refractivity contribution in [3.8, 4) is 0 Å². The molecule has 1 saturated heterocycles. The van der Waals surface area contributed by atoms with Crippen molar-refractivity contribution < 1.29 is 28.4 Å². The van der Waals surface area contributed by atoms with E-state index in [0.29, 0.717) is 65.8 Å². The van der Waals surface area contributed by atoms with Crippen LogP contribution in [0.5, 0.6) is 0 Å². The Kier molecular flexibility index (Phi) is 13.7. The fourth-order valence-corrected chi connectivity index (χ4v) is 2.41. The third-order valence-electron chi connectivity index (χ3n) is 3.48. The van der Waals surface area contributed by atoms with E-state index in [0.717, 1.165) is 6.42 Å². The van der Waals surface area contributed by atoms with Gasteiger partial charge in [-0.2, -0.15) is 0 Å². The zero-order valence-corrected chi connectivity index (χ0v) is 15.1. The first-order valence-electron chi connectivity index (χ1n) is 8.83. The highest BCUT2D eigenvalue weighted by molar-refractivity contribution is 4.77. The van der Waals surface area contributed by atoms with Crippen LogP contribution in [0, 0.1) is 0 Å². The lowest BCUT2D eigenvalue weighted by Crippen LogP contribution is -2.41. The molecular weight excluding hydrogens is 326 g/mol. The Balaban J connectivity index is 2.22. The maximum Gasteiger partial charge on any atom is 0.160 e. The Morgan fingerprint density at radius 3 is 2.32 bits per heavy atom. The lowest BCUT2D eigenvalue weighted by atomic mass is 10.1. The van der Waals surface area contributed by atoms with Gasteiger partial charge in [-0.25, -0.2) is 0 Å². The van der Waals surface area contributed by atoms with Crippen molar-refractivity contribution in [3.05, 3.63) is 25.3 Å². The highest BCUT2D eigenvalue weighted by atomic mass is 16.7. The molecule has 0 aromatic heterocycles. The van der Waals surface area contributed by atoms with Gasteiger partial charge in [-0.15, -0.1) is 13.2 Å². The van der Waals surface area contributed by atoms with Crippen molar-refractivity contribution in [2.45, 2.75) is 31.3 Å². The first-order chi connectivity index (χ1) is 12.3. The molecule has 0 amide bonds. The summed E-state index contributed by atoms with van der Waals surface area (Å²) in [4.78, 5) is 0. The van der Waals surface area contributed by atoms with Crippen LogP contribution in [0.2, 0.25) is 0 Å². The fourth-order valence-electron chi connectivity index (χ4n) is 2.41. The maximum absolute atomic E-state index is 5.92. The van der Waals surface area contributed by atoms with E-state index in [1.165, 1.54) is 0 Å². The van der Waals surface area contributed by atoms with Crippen LogP contribution in [-0.4, -0.2) is 77.9 Å². The van der Waals surface area contributed by atoms with Gasteiger partial charge in [0.15, 0.2) is 6.29 Å². The normalized spacial score (nSPS) is 23.5. The molecule has 0 radical (unpaired) electrons. The average molecular weight is 359 g/mol. The van der Waals surface area contributed by atoms with Crippen molar-refractivity contribution in [2.24, 2.45) is 5.73 Å². The van der Waals surface area contributed by atoms with Crippen molar-refractivity contribution in [2.75, 3.05) is 59.4 Å². The van der Waals surface area contributed by atoms with Crippen LogP contribution in [0.4, 0.5) is 0 Å². The van der Waals surface area contributed by atoms with E-state index in [4.69, 9.17) is 34.2 Å². The lowest BCUT2D eigenvalue weighted by molar-refractivity contribution is -0.232. The minimum Gasteiger partial charge on any atom is -0.378 e. The summed E-state index contributed by atoms with van der Waals surface area (Å²) in [5.74, 6) is 0. The van der Waals surface area contributed by atoms with Gasteiger partial charge in [-0.3, -0.25) is 0 Å². The minimum atomic E-state index is -0.321. The summed E-state index contributed by atoms with van der Waals surface area (Å²) in [5, 5.41) is 0. The van der Waals surface area contributed by atoms with Crippen molar-refractivity contribution in [1.29, 1.82) is 0 Å². The Hall–Kier alpha value is -0.800. The molecule has 3 atom stereocenters. The molecule has 0 saturated carbocycles. The Morgan fingerprint density at radius 1 is 0.880 bits per heavy atom. The molecule has 1 heterocycles. The smallest absolute Gasteiger partial charge is 0.160 e. The summed E-state index contributed by atoms with van der Waals surface area (Å²) in [6.07, 6.45) is 4.62. The van der Waals surface area contributed by atoms with E-state index in [9.17, 15) is 0 Å². The zero-order chi connectivity index (χ0) is 18.2. The van der Waals surface area contributed by atoms with E-state index in [-0.39, 0.29) is 18.5 Å². The minimum absolute atomic E-state index is 0.0564. The van der Waals surface area contributed by atoms with Gasteiger partial charge in [0.1, 0.15) is 0 Å². The number of hydrogen-bond acceptors (Lipinski definition) is 7. The molecule has 1 rings (SSSR count). The van der Waals surface area contributed by atoms with Crippen molar-refractivity contribution >= 4 is 0 Å². The molecule has 1 aliphatic rings. The largest absolute Gasteiger partial charge is 0.378 e. The molecule has 7 heteroatoms. The topological polar surface area (TPSA) is 81.4 Å². The lowest BCUT2D eigenvalue weighted by Gasteiger charge is -2.34. The molecule has 0 bridgehead atoms. The summed E-state index contributed by atoms with van der Waals surface area (Å²) in [6, 6.07) is 0. The molecule has 2 N–H and O–H groups in total. The third kappa shape index (κ3) is 11.4. The first-order valence-corrected chi connectivity index (χ1v) is 8.83. The highest BCUT2D eigenvalue weighted by Gasteiger charge is 2.30. The quantitative estimate of drug-likeness (QED) is 0.328. The van der Waals surface area contributed by atoms with Gasteiger partial charge in [-0.05, 0) is 0 Å². The predicted molar refractivity (Wildman–Crippen MR) is 95.5 cm³/mol. The van der Waals surface area contributed by atoms with Crippen molar-refractivity contribution in [3.63, 3.8) is 0 Å². The molecule has 1 aliphatic heterocycles. The van der Waals surface area contributed by atoms with Crippen LogP contribution in [0.25, 0.3) is 0 Å². The molecule has 0 aromatic carbocycles. The van der Waals surface area contributed by atoms with Crippen LogP contribution in [-0.2, 0) is 28.4 Å². The third-order valence-corrected chi connectivity index (χ3v) is 3.48. The number of hydrogen-bond donors (Lipinski definition) is 1. The second kappa shape index (κ2) is 15.5. The van der Waals surface area contributed by atoms with Gasteiger partial charge >= 0.3 is 0 Å². The van der Waals surface area contributed by atoms with Crippen LogP contribution >= 0.6 is 0 Å². The number of rotatable bonds is 16. The van der Waals surface area contributed by atoms with Crippen LogP contribution in [0.1, 0.15) is 12.8 Å². The average Bonchev–Trinajstić information content (AvgIpc) is 2.62. The predicted octanol–water partition coefficient (Wildman–Crippen LogP) is 1.27. The zero-order valence-electron chi connectivity index (χ0n) is 15.1. The summed E-state index contributed by atoms with van der Waals surface area (Å²) in [5.41, 5.74) is 5.34. The molecule has 25 heavy (non-hydrogen) atoms. The highest BCUT2D eigenvalue weighted by Crippen LogP contribution is 2.23. The number of nitrogens with two attached hydrogens (primary N) is 1. The van der Waals surface area contributed by atoms with Gasteiger partial charge in [-0.1, -0.05) is 12.2 Å². The van der Waals surface area contributed by atoms with E-state index in [1.54, 1.807) is 12.2 Å². The number of ether oxygens (including phenoxy) is 6. The Morgan fingerprint density at radius 2 is 1.60 bits per heavy atom. The van der Waals surface area contributed by atoms with Crippen molar-refractivity contribution in [1.82, 2.24) is 0 Å². The van der Waals surface area contributed by atoms with Gasteiger partial charge in [0.2, 0.25) is 0 Å². The maximum atomic E-state index is 5.92. The van der Waals surface area contributed by atoms with Crippen LogP contribution < -0.4 is 5.73 Å². The Bertz CT molecular complexity index is 342.